The van der Waals surface area contributed by atoms with Gasteiger partial charge in [-0.25, -0.2) is 0 Å². The van der Waals surface area contributed by atoms with E-state index in [1.165, 1.54) is 18.2 Å². The van der Waals surface area contributed by atoms with Crippen LogP contribution < -0.4 is 15.5 Å². The lowest BCUT2D eigenvalue weighted by Crippen LogP contribution is -2.52. The lowest BCUT2D eigenvalue weighted by Gasteiger charge is -2.39. The molecule has 8 nitrogen and oxygen atoms in total. The Bertz CT molecular complexity index is 1210. The summed E-state index contributed by atoms with van der Waals surface area (Å²) in [5, 5.41) is 18.1. The van der Waals surface area contributed by atoms with Crippen LogP contribution in [0.2, 0.25) is 0 Å². The number of aromatic nitrogens is 1. The summed E-state index contributed by atoms with van der Waals surface area (Å²) in [7, 11) is 1.80. The highest BCUT2D eigenvalue weighted by atomic mass is 16.2. The van der Waals surface area contributed by atoms with Gasteiger partial charge in [0.2, 0.25) is 11.8 Å². The summed E-state index contributed by atoms with van der Waals surface area (Å²) in [6, 6.07) is 6.17. The number of anilines is 1. The first-order chi connectivity index (χ1) is 18.9. The van der Waals surface area contributed by atoms with Crippen LogP contribution in [-0.4, -0.2) is 64.7 Å². The van der Waals surface area contributed by atoms with Crippen molar-refractivity contribution in [3.05, 3.63) is 41.9 Å². The molecule has 5 rings (SSSR count). The third kappa shape index (κ3) is 5.67. The minimum atomic E-state index is -0.299. The summed E-state index contributed by atoms with van der Waals surface area (Å²) in [5.74, 6) is 0.481. The van der Waals surface area contributed by atoms with Crippen molar-refractivity contribution in [3.8, 4) is 0 Å². The summed E-state index contributed by atoms with van der Waals surface area (Å²) in [6.07, 6.45) is 12.6. The SMILES string of the molecule is CN[C@@H](C)C(=O)N[C@H](C(=CO)N1CCC[C@H]1Cn1cc(N2CCCC2=O)c2cc(C)ccc21)C1CCCCC1. The first-order valence-electron chi connectivity index (χ1n) is 14.9. The lowest BCUT2D eigenvalue weighted by molar-refractivity contribution is -0.123. The van der Waals surface area contributed by atoms with E-state index in [0.717, 1.165) is 86.9 Å². The molecule has 2 amide bonds. The number of aliphatic hydroxyl groups is 1. The predicted octanol–water partition coefficient (Wildman–Crippen LogP) is 4.61. The van der Waals surface area contributed by atoms with Crippen LogP contribution in [0.3, 0.4) is 0 Å². The van der Waals surface area contributed by atoms with Crippen molar-refractivity contribution >= 4 is 28.4 Å². The molecule has 8 heteroatoms. The average Bonchev–Trinajstić information content (AvgIpc) is 3.67. The number of nitrogens with one attached hydrogen (secondary N) is 2. The zero-order chi connectivity index (χ0) is 27.5. The van der Waals surface area contributed by atoms with Gasteiger partial charge in [0.15, 0.2) is 0 Å². The standard InChI is InChI=1S/C31H45N5O3/c1-21-13-14-26-25(17-21)27(36-16-8-12-29(36)38)19-34(26)18-24-11-7-15-35(24)28(20-37)30(23-9-5-4-6-10-23)33-31(39)22(2)32-3/h13-14,17,19-20,22-24,30,32,37H,4-12,15-16,18H2,1-3H3,(H,33,39)/t22-,24-,30-/m0/s1. The number of nitrogens with zero attached hydrogens (tertiary/aromatic N) is 3. The van der Waals surface area contributed by atoms with Crippen LogP contribution in [0.4, 0.5) is 5.69 Å². The maximum absolute atomic E-state index is 13.0. The molecule has 212 valence electrons. The van der Waals surface area contributed by atoms with Crippen LogP contribution in [0.5, 0.6) is 0 Å². The minimum absolute atomic E-state index is 0.0325. The molecular weight excluding hydrogens is 490 g/mol. The van der Waals surface area contributed by atoms with E-state index in [2.05, 4.69) is 51.4 Å². The molecule has 1 saturated carbocycles. The van der Waals surface area contributed by atoms with E-state index in [9.17, 15) is 14.7 Å². The summed E-state index contributed by atoms with van der Waals surface area (Å²) in [5.41, 5.74) is 4.16. The minimum Gasteiger partial charge on any atom is -0.514 e. The Morgan fingerprint density at radius 2 is 1.92 bits per heavy atom. The molecular formula is C31H45N5O3. The van der Waals surface area contributed by atoms with Crippen molar-refractivity contribution in [1.29, 1.82) is 0 Å². The molecule has 0 spiro atoms. The average molecular weight is 536 g/mol. The van der Waals surface area contributed by atoms with E-state index >= 15 is 0 Å². The third-order valence-electron chi connectivity index (χ3n) is 9.19. The van der Waals surface area contributed by atoms with E-state index in [1.807, 2.05) is 11.8 Å². The molecule has 3 heterocycles. The van der Waals surface area contributed by atoms with E-state index in [4.69, 9.17) is 0 Å². The van der Waals surface area contributed by atoms with Crippen molar-refractivity contribution in [1.82, 2.24) is 20.1 Å². The van der Waals surface area contributed by atoms with Crippen LogP contribution >= 0.6 is 0 Å². The Balaban J connectivity index is 1.43. The van der Waals surface area contributed by atoms with Crippen molar-refractivity contribution in [2.45, 2.75) is 96.3 Å². The number of carbonyl (C=O) groups excluding carboxylic acids is 2. The van der Waals surface area contributed by atoms with E-state index < -0.39 is 0 Å². The molecule has 3 N–H and O–H groups in total. The predicted molar refractivity (Wildman–Crippen MR) is 156 cm³/mol. The Morgan fingerprint density at radius 1 is 1.13 bits per heavy atom. The second-order valence-corrected chi connectivity index (χ2v) is 11.8. The molecule has 2 saturated heterocycles. The number of likely N-dealkylation sites (N-methyl/N-ethyl adjacent to an activating group) is 1. The number of fused-ring (bicyclic) bond motifs is 1. The van der Waals surface area contributed by atoms with E-state index in [-0.39, 0.29) is 29.9 Å². The summed E-state index contributed by atoms with van der Waals surface area (Å²) < 4.78 is 2.30. The molecule has 0 radical (unpaired) electrons. The van der Waals surface area contributed by atoms with Crippen molar-refractivity contribution < 1.29 is 14.7 Å². The van der Waals surface area contributed by atoms with Crippen molar-refractivity contribution in [2.24, 2.45) is 5.92 Å². The van der Waals surface area contributed by atoms with Crippen LogP contribution in [0.1, 0.15) is 70.3 Å². The van der Waals surface area contributed by atoms with E-state index in [1.54, 1.807) is 7.05 Å². The fourth-order valence-corrected chi connectivity index (χ4v) is 6.90. The molecule has 2 aliphatic heterocycles. The molecule has 3 fully saturated rings. The monoisotopic (exact) mass is 535 g/mol. The Kier molecular flexibility index (Phi) is 8.50. The number of hydrogen-bond acceptors (Lipinski definition) is 5. The number of amides is 2. The summed E-state index contributed by atoms with van der Waals surface area (Å²) in [6.45, 7) is 6.35. The first-order valence-corrected chi connectivity index (χ1v) is 14.9. The van der Waals surface area contributed by atoms with Crippen LogP contribution in [0.25, 0.3) is 10.9 Å². The van der Waals surface area contributed by atoms with Gasteiger partial charge in [0, 0.05) is 43.7 Å². The number of aliphatic hydroxyl groups excluding tert-OH is 1. The fourth-order valence-electron chi connectivity index (χ4n) is 6.90. The smallest absolute Gasteiger partial charge is 0.237 e. The number of likely N-dealkylation sites (tertiary alicyclic amines) is 1. The molecule has 0 unspecified atom stereocenters. The highest BCUT2D eigenvalue weighted by Crippen LogP contribution is 2.36. The molecule has 3 aliphatic rings. The number of carbonyl (C=O) groups is 2. The number of benzene rings is 1. The van der Waals surface area contributed by atoms with Crippen LogP contribution in [-0.2, 0) is 16.1 Å². The molecule has 39 heavy (non-hydrogen) atoms. The van der Waals surface area contributed by atoms with Crippen molar-refractivity contribution in [3.63, 3.8) is 0 Å². The Labute approximate surface area is 232 Å². The lowest BCUT2D eigenvalue weighted by atomic mass is 9.82. The highest BCUT2D eigenvalue weighted by Gasteiger charge is 2.37. The Morgan fingerprint density at radius 3 is 2.62 bits per heavy atom. The maximum atomic E-state index is 13.0. The molecule has 1 aromatic heterocycles. The third-order valence-corrected chi connectivity index (χ3v) is 9.19. The molecule has 0 bridgehead atoms. The summed E-state index contributed by atoms with van der Waals surface area (Å²) in [4.78, 5) is 30.0. The quantitative estimate of drug-likeness (QED) is 0.408. The molecule has 1 aromatic carbocycles. The zero-order valence-electron chi connectivity index (χ0n) is 23.8. The topological polar surface area (TPSA) is 89.8 Å². The number of hydrogen-bond donors (Lipinski definition) is 3. The van der Waals surface area contributed by atoms with Gasteiger partial charge >= 0.3 is 0 Å². The van der Waals surface area contributed by atoms with Crippen molar-refractivity contribution in [2.75, 3.05) is 25.0 Å². The van der Waals surface area contributed by atoms with Gasteiger partial charge in [-0.2, -0.15) is 0 Å². The highest BCUT2D eigenvalue weighted by molar-refractivity contribution is 6.04. The zero-order valence-corrected chi connectivity index (χ0v) is 23.8. The van der Waals surface area contributed by atoms with Gasteiger partial charge in [-0.15, -0.1) is 0 Å². The van der Waals surface area contributed by atoms with Gasteiger partial charge in [0.1, 0.15) is 6.26 Å². The van der Waals surface area contributed by atoms with Gasteiger partial charge in [-0.05, 0) is 71.0 Å². The van der Waals surface area contributed by atoms with Crippen LogP contribution in [0.15, 0.2) is 36.4 Å². The van der Waals surface area contributed by atoms with Gasteiger partial charge in [0.25, 0.3) is 0 Å². The largest absolute Gasteiger partial charge is 0.514 e. The van der Waals surface area contributed by atoms with E-state index in [0.29, 0.717) is 12.3 Å². The Hall–Kier alpha value is -3.00. The first kappa shape index (κ1) is 27.6. The maximum Gasteiger partial charge on any atom is 0.237 e. The molecule has 1 aliphatic carbocycles. The van der Waals surface area contributed by atoms with Crippen LogP contribution in [0, 0.1) is 12.8 Å². The second kappa shape index (κ2) is 12.0. The number of rotatable bonds is 9. The van der Waals surface area contributed by atoms with Gasteiger partial charge < -0.3 is 30.1 Å². The molecule has 3 atom stereocenters. The molecule has 2 aromatic rings. The summed E-state index contributed by atoms with van der Waals surface area (Å²) >= 11 is 0. The van der Waals surface area contributed by atoms with Gasteiger partial charge in [-0.1, -0.05) is 30.9 Å². The second-order valence-electron chi connectivity index (χ2n) is 11.8. The normalized spacial score (nSPS) is 22.6. The van der Waals surface area contributed by atoms with Gasteiger partial charge in [-0.3, -0.25) is 9.59 Å². The number of aryl methyl sites for hydroxylation is 1. The van der Waals surface area contributed by atoms with Gasteiger partial charge in [0.05, 0.1) is 29.0 Å². The fraction of sp³-hybridized carbons (Fsp3) is 0.613.